The lowest BCUT2D eigenvalue weighted by molar-refractivity contribution is -0.257. The van der Waals surface area contributed by atoms with Gasteiger partial charge in [-0.1, -0.05) is 63.6 Å². The van der Waals surface area contributed by atoms with Gasteiger partial charge in [0.2, 0.25) is 0 Å². The largest absolute Gasteiger partial charge is 0.481 e. The predicted molar refractivity (Wildman–Crippen MR) is 116 cm³/mol. The highest BCUT2D eigenvalue weighted by atomic mass is 32.2. The van der Waals surface area contributed by atoms with Gasteiger partial charge in [0.1, 0.15) is 5.75 Å². The summed E-state index contributed by atoms with van der Waals surface area (Å²) in [5, 5.41) is -2.30. The first-order valence-electron chi connectivity index (χ1n) is 10.7. The van der Waals surface area contributed by atoms with Crippen LogP contribution in [0.3, 0.4) is 0 Å². The molecule has 0 radical (unpaired) electrons. The average Bonchev–Trinajstić information content (AvgIpc) is 2.67. The van der Waals surface area contributed by atoms with Crippen LogP contribution in [0.2, 0.25) is 0 Å². The summed E-state index contributed by atoms with van der Waals surface area (Å²) < 4.78 is 52.5. The van der Waals surface area contributed by atoms with Crippen molar-refractivity contribution in [1.29, 1.82) is 0 Å². The van der Waals surface area contributed by atoms with Gasteiger partial charge in [0.05, 0.1) is 0 Å². The van der Waals surface area contributed by atoms with E-state index in [1.165, 1.54) is 19.3 Å². The SMILES string of the molecule is CCCCCCCCCC(C)(Oc1ccccc1)C(OCC)(OCC)S(=O)(=O)O. The first-order chi connectivity index (χ1) is 13.8. The minimum absolute atomic E-state index is 0.0462. The molecule has 1 unspecified atom stereocenters. The first kappa shape index (κ1) is 25.9. The second kappa shape index (κ2) is 12.5. The molecule has 1 N–H and O–H groups in total. The van der Waals surface area contributed by atoms with Crippen LogP contribution in [0.25, 0.3) is 0 Å². The standard InChI is InChI=1S/C22H38O6S/c1-5-8-9-10-11-12-16-19-21(4,28-20-17-14-13-15-18-20)22(26-6-2,27-7-3)29(23,24)25/h13-15,17-18H,5-12,16,19H2,1-4H3,(H,23,24,25). The molecule has 7 heteroatoms. The Balaban J connectivity index is 3.12. The van der Waals surface area contributed by atoms with E-state index in [0.717, 1.165) is 25.7 Å². The van der Waals surface area contributed by atoms with Crippen LogP contribution >= 0.6 is 0 Å². The molecule has 6 nitrogen and oxygen atoms in total. The molecular weight excluding hydrogens is 392 g/mol. The number of para-hydroxylation sites is 1. The second-order valence-electron chi connectivity index (χ2n) is 7.41. The number of benzene rings is 1. The Bertz CT molecular complexity index is 655. The molecule has 168 valence electrons. The van der Waals surface area contributed by atoms with E-state index < -0.39 is 20.8 Å². The fraction of sp³-hybridized carbons (Fsp3) is 0.727. The second-order valence-corrected chi connectivity index (χ2v) is 8.90. The van der Waals surface area contributed by atoms with Gasteiger partial charge >= 0.3 is 15.2 Å². The van der Waals surface area contributed by atoms with Gasteiger partial charge in [-0.25, -0.2) is 0 Å². The van der Waals surface area contributed by atoms with Crippen molar-refractivity contribution in [3.63, 3.8) is 0 Å². The van der Waals surface area contributed by atoms with Gasteiger partial charge in [-0.2, -0.15) is 8.42 Å². The van der Waals surface area contributed by atoms with Crippen molar-refractivity contribution >= 4 is 10.1 Å². The normalized spacial score (nSPS) is 14.5. The Morgan fingerprint density at radius 2 is 1.38 bits per heavy atom. The predicted octanol–water partition coefficient (Wildman–Crippen LogP) is 5.58. The number of unbranched alkanes of at least 4 members (excludes halogenated alkanes) is 6. The molecule has 0 heterocycles. The zero-order valence-electron chi connectivity index (χ0n) is 18.4. The topological polar surface area (TPSA) is 82.1 Å². The minimum atomic E-state index is -4.75. The molecule has 29 heavy (non-hydrogen) atoms. The molecule has 0 saturated heterocycles. The summed E-state index contributed by atoms with van der Waals surface area (Å²) in [7, 11) is -4.75. The van der Waals surface area contributed by atoms with Crippen molar-refractivity contribution in [2.75, 3.05) is 13.2 Å². The van der Waals surface area contributed by atoms with Gasteiger partial charge in [-0.05, 0) is 45.7 Å². The fourth-order valence-corrected chi connectivity index (χ4v) is 4.81. The Kier molecular flexibility index (Phi) is 11.2. The lowest BCUT2D eigenvalue weighted by Gasteiger charge is -2.44. The monoisotopic (exact) mass is 430 g/mol. The summed E-state index contributed by atoms with van der Waals surface area (Å²) in [6.45, 7) is 7.24. The van der Waals surface area contributed by atoms with Crippen LogP contribution in [0, 0.1) is 0 Å². The third-order valence-electron chi connectivity index (χ3n) is 5.00. The van der Waals surface area contributed by atoms with Crippen LogP contribution in [0.4, 0.5) is 0 Å². The van der Waals surface area contributed by atoms with E-state index in [2.05, 4.69) is 6.92 Å². The fourth-order valence-electron chi connectivity index (χ4n) is 3.58. The van der Waals surface area contributed by atoms with Crippen LogP contribution in [0.5, 0.6) is 5.75 Å². The molecular formula is C22H38O6S. The molecule has 0 amide bonds. The van der Waals surface area contributed by atoms with Crippen LogP contribution in [0.15, 0.2) is 30.3 Å². The highest BCUT2D eigenvalue weighted by Gasteiger charge is 2.62. The lowest BCUT2D eigenvalue weighted by atomic mass is 9.95. The number of rotatable bonds is 16. The maximum absolute atomic E-state index is 12.5. The van der Waals surface area contributed by atoms with Gasteiger partial charge in [0.15, 0.2) is 5.60 Å². The summed E-state index contributed by atoms with van der Waals surface area (Å²) in [5.74, 6) is 0.491. The van der Waals surface area contributed by atoms with Crippen LogP contribution in [-0.4, -0.2) is 36.9 Å². The molecule has 1 atom stereocenters. The molecule has 0 fully saturated rings. The minimum Gasteiger partial charge on any atom is -0.481 e. The zero-order valence-corrected chi connectivity index (χ0v) is 19.2. The molecule has 0 spiro atoms. The average molecular weight is 431 g/mol. The maximum atomic E-state index is 12.5. The summed E-state index contributed by atoms with van der Waals surface area (Å²) in [5.41, 5.74) is -1.43. The maximum Gasteiger partial charge on any atom is 0.340 e. The van der Waals surface area contributed by atoms with Crippen molar-refractivity contribution in [2.45, 2.75) is 89.8 Å². The van der Waals surface area contributed by atoms with Gasteiger partial charge in [-0.3, -0.25) is 4.55 Å². The van der Waals surface area contributed by atoms with E-state index in [1.54, 1.807) is 45.0 Å². The van der Waals surface area contributed by atoms with E-state index in [0.29, 0.717) is 12.2 Å². The highest BCUT2D eigenvalue weighted by Crippen LogP contribution is 2.40. The van der Waals surface area contributed by atoms with Crippen LogP contribution in [0.1, 0.15) is 79.1 Å². The van der Waals surface area contributed by atoms with E-state index in [9.17, 15) is 13.0 Å². The zero-order chi connectivity index (χ0) is 21.8. The molecule has 1 rings (SSSR count). The molecule has 0 aliphatic carbocycles. The highest BCUT2D eigenvalue weighted by molar-refractivity contribution is 7.87. The van der Waals surface area contributed by atoms with Gasteiger partial charge in [-0.15, -0.1) is 0 Å². The van der Waals surface area contributed by atoms with E-state index in [1.807, 2.05) is 6.07 Å². The molecule has 1 aromatic carbocycles. The Hall–Kier alpha value is -1.15. The van der Waals surface area contributed by atoms with Crippen molar-refractivity contribution < 1.29 is 27.2 Å². The number of hydrogen-bond donors (Lipinski definition) is 1. The molecule has 0 saturated carbocycles. The quantitative estimate of drug-likeness (QED) is 0.209. The van der Waals surface area contributed by atoms with Crippen LogP contribution < -0.4 is 4.74 Å². The molecule has 0 aliphatic heterocycles. The van der Waals surface area contributed by atoms with Crippen LogP contribution in [-0.2, 0) is 19.6 Å². The van der Waals surface area contributed by atoms with Gasteiger partial charge in [0, 0.05) is 13.2 Å². The van der Waals surface area contributed by atoms with Crippen molar-refractivity contribution in [3.8, 4) is 5.75 Å². The number of ether oxygens (including phenoxy) is 3. The lowest BCUT2D eigenvalue weighted by Crippen LogP contribution is -2.63. The molecule has 0 aromatic heterocycles. The van der Waals surface area contributed by atoms with Crippen molar-refractivity contribution in [2.24, 2.45) is 0 Å². The van der Waals surface area contributed by atoms with Crippen molar-refractivity contribution in [3.05, 3.63) is 30.3 Å². The summed E-state index contributed by atoms with van der Waals surface area (Å²) in [6.07, 6.45) is 7.90. The van der Waals surface area contributed by atoms with E-state index in [-0.39, 0.29) is 13.2 Å². The molecule has 0 aliphatic rings. The summed E-state index contributed by atoms with van der Waals surface area (Å²) in [6, 6.07) is 8.95. The number of hydrogen-bond acceptors (Lipinski definition) is 5. The third-order valence-corrected chi connectivity index (χ3v) is 6.35. The molecule has 0 bridgehead atoms. The molecule has 1 aromatic rings. The van der Waals surface area contributed by atoms with Gasteiger partial charge < -0.3 is 14.2 Å². The summed E-state index contributed by atoms with van der Waals surface area (Å²) >= 11 is 0. The van der Waals surface area contributed by atoms with E-state index >= 15 is 0 Å². The van der Waals surface area contributed by atoms with Crippen molar-refractivity contribution in [1.82, 2.24) is 0 Å². The summed E-state index contributed by atoms with van der Waals surface area (Å²) in [4.78, 5) is 0. The smallest absolute Gasteiger partial charge is 0.340 e. The Morgan fingerprint density at radius 3 is 1.86 bits per heavy atom. The first-order valence-corrected chi connectivity index (χ1v) is 12.2. The van der Waals surface area contributed by atoms with E-state index in [4.69, 9.17) is 14.2 Å². The van der Waals surface area contributed by atoms with Gasteiger partial charge in [0.25, 0.3) is 0 Å². The Labute approximate surface area is 176 Å². The third kappa shape index (κ3) is 7.24. The Morgan fingerprint density at radius 1 is 0.862 bits per heavy atom.